The van der Waals surface area contributed by atoms with Gasteiger partial charge in [-0.3, -0.25) is 0 Å². The largest absolute Gasteiger partial charge is 0.398 e. The number of fused-ring (bicyclic) bond motifs is 1. The molecule has 3 rings (SSSR count). The monoisotopic (exact) mass is 317 g/mol. The minimum absolute atomic E-state index is 0.868. The Labute approximate surface area is 145 Å². The number of anilines is 1. The second-order valence-corrected chi connectivity index (χ2v) is 6.57. The van der Waals surface area contributed by atoms with Crippen LogP contribution in [0.1, 0.15) is 44.6 Å². The summed E-state index contributed by atoms with van der Waals surface area (Å²) >= 11 is 0. The van der Waals surface area contributed by atoms with Gasteiger partial charge in [-0.1, -0.05) is 87.2 Å². The molecule has 0 aliphatic heterocycles. The quantitative estimate of drug-likeness (QED) is 0.385. The summed E-state index contributed by atoms with van der Waals surface area (Å²) in [7, 11) is 0. The maximum Gasteiger partial charge on any atom is 0.0400 e. The van der Waals surface area contributed by atoms with Crippen molar-refractivity contribution >= 4 is 16.5 Å². The molecule has 0 aliphatic rings. The Bertz CT molecular complexity index is 804. The minimum atomic E-state index is 0.868. The van der Waals surface area contributed by atoms with E-state index < -0.39 is 0 Å². The Morgan fingerprint density at radius 2 is 1.50 bits per heavy atom. The van der Waals surface area contributed by atoms with Gasteiger partial charge in [-0.05, 0) is 40.8 Å². The van der Waals surface area contributed by atoms with E-state index in [4.69, 9.17) is 5.73 Å². The van der Waals surface area contributed by atoms with Crippen LogP contribution in [0.15, 0.2) is 60.7 Å². The molecule has 3 aromatic rings. The van der Waals surface area contributed by atoms with Gasteiger partial charge in [-0.25, -0.2) is 0 Å². The van der Waals surface area contributed by atoms with Crippen LogP contribution in [0.3, 0.4) is 0 Å². The number of benzene rings is 3. The fraction of sp³-hybridized carbons (Fsp3) is 0.304. The van der Waals surface area contributed by atoms with Crippen LogP contribution < -0.4 is 5.73 Å². The van der Waals surface area contributed by atoms with Crippen molar-refractivity contribution < 1.29 is 0 Å². The Balaban J connectivity index is 1.94. The molecular weight excluding hydrogens is 290 g/mol. The Kier molecular flexibility index (Phi) is 5.53. The van der Waals surface area contributed by atoms with Gasteiger partial charge in [0.05, 0.1) is 0 Å². The number of hydrogen-bond acceptors (Lipinski definition) is 1. The second-order valence-electron chi connectivity index (χ2n) is 6.57. The highest BCUT2D eigenvalue weighted by Crippen LogP contribution is 2.36. The first-order chi connectivity index (χ1) is 11.8. The van der Waals surface area contributed by atoms with Crippen molar-refractivity contribution in [3.63, 3.8) is 0 Å². The van der Waals surface area contributed by atoms with Gasteiger partial charge in [0.2, 0.25) is 0 Å². The zero-order valence-electron chi connectivity index (χ0n) is 14.6. The van der Waals surface area contributed by atoms with E-state index in [1.807, 2.05) is 6.07 Å². The summed E-state index contributed by atoms with van der Waals surface area (Å²) in [6.07, 6.45) is 7.67. The zero-order valence-corrected chi connectivity index (χ0v) is 14.6. The van der Waals surface area contributed by atoms with Gasteiger partial charge in [-0.2, -0.15) is 0 Å². The summed E-state index contributed by atoms with van der Waals surface area (Å²) in [4.78, 5) is 0. The van der Waals surface area contributed by atoms with Crippen molar-refractivity contribution in [2.45, 2.75) is 45.4 Å². The lowest BCUT2D eigenvalue weighted by Gasteiger charge is -2.15. The molecule has 0 amide bonds. The van der Waals surface area contributed by atoms with Crippen molar-refractivity contribution in [3.05, 3.63) is 66.2 Å². The summed E-state index contributed by atoms with van der Waals surface area (Å²) in [6.45, 7) is 2.26. The Morgan fingerprint density at radius 1 is 0.750 bits per heavy atom. The van der Waals surface area contributed by atoms with Gasteiger partial charge in [-0.15, -0.1) is 0 Å². The molecule has 0 aliphatic carbocycles. The molecule has 0 radical (unpaired) electrons. The van der Waals surface area contributed by atoms with Crippen LogP contribution in [0.4, 0.5) is 5.69 Å². The maximum absolute atomic E-state index is 6.38. The molecule has 0 saturated carbocycles. The lowest BCUT2D eigenvalue weighted by molar-refractivity contribution is 0.632. The first-order valence-electron chi connectivity index (χ1n) is 9.16. The molecule has 3 aromatic carbocycles. The SMILES string of the molecule is CCCCCCCc1ccccc1-c1c(N)ccc2ccccc12. The number of nitrogens with two attached hydrogens (primary N) is 1. The summed E-state index contributed by atoms with van der Waals surface area (Å²) < 4.78 is 0. The third kappa shape index (κ3) is 3.62. The standard InChI is InChI=1S/C23H27N/c1-2-3-4-5-6-11-18-12-7-9-14-20(18)23-21-15-10-8-13-19(21)16-17-22(23)24/h7-10,12-17H,2-6,11,24H2,1H3. The predicted octanol–water partition coefficient (Wildman–Crippen LogP) is 6.60. The van der Waals surface area contributed by atoms with Crippen molar-refractivity contribution in [3.8, 4) is 11.1 Å². The molecule has 0 unspecified atom stereocenters. The number of unbranched alkanes of at least 4 members (excludes halogenated alkanes) is 4. The average Bonchev–Trinajstić information content (AvgIpc) is 2.62. The van der Waals surface area contributed by atoms with Gasteiger partial charge >= 0.3 is 0 Å². The van der Waals surface area contributed by atoms with Gasteiger partial charge in [0.25, 0.3) is 0 Å². The highest BCUT2D eigenvalue weighted by atomic mass is 14.6. The molecule has 124 valence electrons. The molecule has 2 N–H and O–H groups in total. The lowest BCUT2D eigenvalue weighted by atomic mass is 9.91. The van der Waals surface area contributed by atoms with E-state index in [1.165, 1.54) is 59.6 Å². The fourth-order valence-corrected chi connectivity index (χ4v) is 3.49. The van der Waals surface area contributed by atoms with E-state index in [-0.39, 0.29) is 0 Å². The van der Waals surface area contributed by atoms with Crippen LogP contribution in [0.2, 0.25) is 0 Å². The van der Waals surface area contributed by atoms with Crippen molar-refractivity contribution in [2.75, 3.05) is 5.73 Å². The van der Waals surface area contributed by atoms with Gasteiger partial charge < -0.3 is 5.73 Å². The number of aryl methyl sites for hydroxylation is 1. The van der Waals surface area contributed by atoms with Crippen LogP contribution in [-0.4, -0.2) is 0 Å². The smallest absolute Gasteiger partial charge is 0.0400 e. The van der Waals surface area contributed by atoms with Crippen LogP contribution in [0, 0.1) is 0 Å². The van der Waals surface area contributed by atoms with Crippen LogP contribution >= 0.6 is 0 Å². The third-order valence-corrected chi connectivity index (χ3v) is 4.80. The zero-order chi connectivity index (χ0) is 16.8. The summed E-state index contributed by atoms with van der Waals surface area (Å²) in [5.74, 6) is 0. The van der Waals surface area contributed by atoms with E-state index >= 15 is 0 Å². The summed E-state index contributed by atoms with van der Waals surface area (Å²) in [5.41, 5.74) is 11.1. The third-order valence-electron chi connectivity index (χ3n) is 4.80. The highest BCUT2D eigenvalue weighted by molar-refractivity contribution is 6.02. The minimum Gasteiger partial charge on any atom is -0.398 e. The van der Waals surface area contributed by atoms with E-state index in [0.717, 1.165) is 12.1 Å². The Hall–Kier alpha value is -2.28. The van der Waals surface area contributed by atoms with E-state index in [9.17, 15) is 0 Å². The van der Waals surface area contributed by atoms with Crippen molar-refractivity contribution in [1.29, 1.82) is 0 Å². The van der Waals surface area contributed by atoms with Gasteiger partial charge in [0.15, 0.2) is 0 Å². The van der Waals surface area contributed by atoms with Crippen molar-refractivity contribution in [2.24, 2.45) is 0 Å². The maximum atomic E-state index is 6.38. The lowest BCUT2D eigenvalue weighted by Crippen LogP contribution is -1.96. The Morgan fingerprint density at radius 3 is 2.38 bits per heavy atom. The molecule has 0 saturated heterocycles. The molecule has 0 atom stereocenters. The summed E-state index contributed by atoms with van der Waals surface area (Å²) in [5, 5.41) is 2.50. The van der Waals surface area contributed by atoms with Gasteiger partial charge in [0.1, 0.15) is 0 Å². The fourth-order valence-electron chi connectivity index (χ4n) is 3.49. The van der Waals surface area contributed by atoms with Crippen LogP contribution in [0.5, 0.6) is 0 Å². The van der Waals surface area contributed by atoms with Crippen molar-refractivity contribution in [1.82, 2.24) is 0 Å². The summed E-state index contributed by atoms with van der Waals surface area (Å²) in [6, 6.07) is 21.4. The first kappa shape index (κ1) is 16.6. The molecule has 0 bridgehead atoms. The van der Waals surface area contributed by atoms with E-state index in [2.05, 4.69) is 61.5 Å². The van der Waals surface area contributed by atoms with Crippen LogP contribution in [-0.2, 0) is 6.42 Å². The normalized spacial score (nSPS) is 11.0. The van der Waals surface area contributed by atoms with E-state index in [0.29, 0.717) is 0 Å². The molecule has 1 heteroatoms. The van der Waals surface area contributed by atoms with Crippen LogP contribution in [0.25, 0.3) is 21.9 Å². The second kappa shape index (κ2) is 8.01. The average molecular weight is 317 g/mol. The van der Waals surface area contributed by atoms with E-state index in [1.54, 1.807) is 0 Å². The number of nitrogen functional groups attached to an aromatic ring is 1. The molecular formula is C23H27N. The highest BCUT2D eigenvalue weighted by Gasteiger charge is 2.11. The number of rotatable bonds is 7. The topological polar surface area (TPSA) is 26.0 Å². The van der Waals surface area contributed by atoms with Gasteiger partial charge in [0, 0.05) is 11.3 Å². The first-order valence-corrected chi connectivity index (χ1v) is 9.16. The predicted molar refractivity (Wildman–Crippen MR) is 106 cm³/mol. The molecule has 1 nitrogen and oxygen atoms in total. The molecule has 0 aromatic heterocycles. The molecule has 0 fully saturated rings. The molecule has 24 heavy (non-hydrogen) atoms. The molecule has 0 heterocycles. The number of hydrogen-bond donors (Lipinski definition) is 1. The molecule has 0 spiro atoms.